The summed E-state index contributed by atoms with van der Waals surface area (Å²) in [5, 5.41) is 4.43. The van der Waals surface area contributed by atoms with Crippen LogP contribution >= 0.6 is 24.8 Å². The Morgan fingerprint density at radius 1 is 1.30 bits per heavy atom. The highest BCUT2D eigenvalue weighted by atomic mass is 35.5. The molecular formula is C19H27Cl2N3O3. The van der Waals surface area contributed by atoms with Gasteiger partial charge in [-0.05, 0) is 38.4 Å². The normalized spacial score (nSPS) is 12.6. The molecule has 0 aliphatic carbocycles. The Bertz CT molecular complexity index is 839. The van der Waals surface area contributed by atoms with Gasteiger partial charge < -0.3 is 19.9 Å². The Morgan fingerprint density at radius 2 is 2.07 bits per heavy atom. The van der Waals surface area contributed by atoms with Crippen molar-refractivity contribution in [1.82, 2.24) is 9.88 Å². The Kier molecular flexibility index (Phi) is 9.09. The monoisotopic (exact) mass is 415 g/mol. The molecule has 0 amide bonds. The van der Waals surface area contributed by atoms with E-state index in [-0.39, 0.29) is 36.3 Å². The lowest BCUT2D eigenvalue weighted by atomic mass is 10.0. The zero-order chi connectivity index (χ0) is 17.8. The summed E-state index contributed by atoms with van der Waals surface area (Å²) in [7, 11) is 1.97. The number of carbonyl (C=O) groups excluding carboxylic acids is 1. The molecular weight excluding hydrogens is 389 g/mol. The van der Waals surface area contributed by atoms with Crippen LogP contribution in [0.15, 0.2) is 23.0 Å². The minimum atomic E-state index is -0.171. The number of ether oxygens (including phenoxy) is 1. The number of hydrogen-bond donors (Lipinski definition) is 2. The average molecular weight is 416 g/mol. The van der Waals surface area contributed by atoms with Gasteiger partial charge in [-0.25, -0.2) is 0 Å². The molecule has 27 heavy (non-hydrogen) atoms. The van der Waals surface area contributed by atoms with Crippen molar-refractivity contribution in [3.05, 3.63) is 39.7 Å². The van der Waals surface area contributed by atoms with Crippen molar-refractivity contribution in [2.45, 2.75) is 32.7 Å². The van der Waals surface area contributed by atoms with Crippen LogP contribution in [0.4, 0.5) is 5.69 Å². The molecule has 0 atom stereocenters. The molecule has 1 aliphatic heterocycles. The van der Waals surface area contributed by atoms with Crippen molar-refractivity contribution in [3.8, 4) is 0 Å². The number of rotatable bonds is 6. The highest BCUT2D eigenvalue weighted by Crippen LogP contribution is 2.28. The zero-order valence-corrected chi connectivity index (χ0v) is 17.3. The van der Waals surface area contributed by atoms with Gasteiger partial charge in [0.05, 0.1) is 24.2 Å². The number of halogens is 2. The Labute approximate surface area is 171 Å². The molecule has 2 heterocycles. The third-order valence-corrected chi connectivity index (χ3v) is 4.54. The van der Waals surface area contributed by atoms with Crippen LogP contribution in [0.5, 0.6) is 0 Å². The fraction of sp³-hybridized carbons (Fsp3) is 0.474. The van der Waals surface area contributed by atoms with Crippen LogP contribution in [-0.4, -0.2) is 42.6 Å². The van der Waals surface area contributed by atoms with Gasteiger partial charge in [0.1, 0.15) is 0 Å². The number of H-pyrrole nitrogens is 1. The number of nitrogens with one attached hydrogen (secondary N) is 2. The highest BCUT2D eigenvalue weighted by Gasteiger charge is 2.16. The molecule has 0 spiro atoms. The first-order valence-corrected chi connectivity index (χ1v) is 8.84. The summed E-state index contributed by atoms with van der Waals surface area (Å²) in [6.07, 6.45) is 2.20. The molecule has 1 aliphatic rings. The lowest BCUT2D eigenvalue weighted by Gasteiger charge is -2.20. The van der Waals surface area contributed by atoms with Crippen LogP contribution in [0.25, 0.3) is 10.9 Å². The molecule has 1 aromatic carbocycles. The zero-order valence-electron chi connectivity index (χ0n) is 15.7. The number of pyridine rings is 1. The van der Waals surface area contributed by atoms with E-state index in [0.717, 1.165) is 47.1 Å². The van der Waals surface area contributed by atoms with E-state index in [1.54, 1.807) is 0 Å². The minimum Gasteiger partial charge on any atom is -0.466 e. The SMILES string of the molecule is CCOC(=O)CCN(C)Cc1ccc2c3c(c(=O)[nH]c2c1)CCCN3.Cl.Cl. The number of esters is 1. The highest BCUT2D eigenvalue weighted by molar-refractivity contribution is 5.93. The Balaban J connectivity index is 0.00000182. The number of benzene rings is 1. The second-order valence-electron chi connectivity index (χ2n) is 6.51. The quantitative estimate of drug-likeness (QED) is 0.708. The number of anilines is 1. The molecule has 8 heteroatoms. The fourth-order valence-electron chi connectivity index (χ4n) is 3.31. The predicted octanol–water partition coefficient (Wildman–Crippen LogP) is 3.11. The van der Waals surface area contributed by atoms with E-state index in [1.165, 1.54) is 0 Å². The van der Waals surface area contributed by atoms with Gasteiger partial charge in [-0.1, -0.05) is 12.1 Å². The molecule has 150 valence electrons. The summed E-state index contributed by atoms with van der Waals surface area (Å²) in [6, 6.07) is 6.17. The van der Waals surface area contributed by atoms with Crippen LogP contribution in [0.2, 0.25) is 0 Å². The molecule has 0 radical (unpaired) electrons. The Hall–Kier alpha value is -1.76. The van der Waals surface area contributed by atoms with E-state index in [9.17, 15) is 9.59 Å². The lowest BCUT2D eigenvalue weighted by molar-refractivity contribution is -0.143. The standard InChI is InChI=1S/C19H25N3O3.2ClH/c1-3-25-17(23)8-10-22(2)12-13-6-7-14-16(11-13)21-19(24)15-5-4-9-20-18(14)15;;/h6-7,11,20H,3-5,8-10,12H2,1-2H3,(H,21,24);2*1H. The molecule has 0 saturated carbocycles. The maximum atomic E-state index is 12.3. The van der Waals surface area contributed by atoms with E-state index in [2.05, 4.69) is 27.3 Å². The molecule has 6 nitrogen and oxygen atoms in total. The molecule has 0 fully saturated rings. The van der Waals surface area contributed by atoms with Crippen molar-refractivity contribution in [2.75, 3.05) is 32.1 Å². The second-order valence-corrected chi connectivity index (χ2v) is 6.51. The van der Waals surface area contributed by atoms with Crippen LogP contribution in [0.1, 0.15) is 30.9 Å². The minimum absolute atomic E-state index is 0. The first-order chi connectivity index (χ1) is 12.1. The number of carbonyl (C=O) groups is 1. The van der Waals surface area contributed by atoms with Gasteiger partial charge in [0.25, 0.3) is 5.56 Å². The van der Waals surface area contributed by atoms with Gasteiger partial charge in [-0.3, -0.25) is 9.59 Å². The number of hydrogen-bond acceptors (Lipinski definition) is 5. The molecule has 0 saturated heterocycles. The summed E-state index contributed by atoms with van der Waals surface area (Å²) in [5.41, 5.74) is 3.80. The van der Waals surface area contributed by atoms with E-state index < -0.39 is 0 Å². The van der Waals surface area contributed by atoms with Crippen molar-refractivity contribution in [2.24, 2.45) is 0 Å². The summed E-state index contributed by atoms with van der Waals surface area (Å²) in [6.45, 7) is 4.48. The summed E-state index contributed by atoms with van der Waals surface area (Å²) in [5.74, 6) is -0.171. The van der Waals surface area contributed by atoms with E-state index in [0.29, 0.717) is 26.1 Å². The van der Waals surface area contributed by atoms with Crippen molar-refractivity contribution < 1.29 is 9.53 Å². The molecule has 0 unspecified atom stereocenters. The molecule has 0 bridgehead atoms. The number of aromatic nitrogens is 1. The van der Waals surface area contributed by atoms with Gasteiger partial charge in [0.15, 0.2) is 0 Å². The van der Waals surface area contributed by atoms with Crippen LogP contribution < -0.4 is 10.9 Å². The number of aromatic amines is 1. The third-order valence-electron chi connectivity index (χ3n) is 4.54. The van der Waals surface area contributed by atoms with Crippen LogP contribution in [0.3, 0.4) is 0 Å². The summed E-state index contributed by atoms with van der Waals surface area (Å²) in [4.78, 5) is 28.8. The number of nitrogens with zero attached hydrogens (tertiary/aromatic N) is 1. The molecule has 2 N–H and O–H groups in total. The first kappa shape index (κ1) is 23.3. The maximum Gasteiger partial charge on any atom is 0.307 e. The summed E-state index contributed by atoms with van der Waals surface area (Å²) >= 11 is 0. The first-order valence-electron chi connectivity index (χ1n) is 8.84. The third kappa shape index (κ3) is 5.61. The smallest absolute Gasteiger partial charge is 0.307 e. The lowest BCUT2D eigenvalue weighted by Crippen LogP contribution is -2.23. The average Bonchev–Trinajstić information content (AvgIpc) is 2.60. The van der Waals surface area contributed by atoms with Gasteiger partial charge >= 0.3 is 5.97 Å². The second kappa shape index (κ2) is 10.5. The van der Waals surface area contributed by atoms with Gasteiger partial charge in [-0.15, -0.1) is 24.8 Å². The Morgan fingerprint density at radius 3 is 2.81 bits per heavy atom. The topological polar surface area (TPSA) is 74.4 Å². The van der Waals surface area contributed by atoms with Crippen LogP contribution in [0, 0.1) is 0 Å². The fourth-order valence-corrected chi connectivity index (χ4v) is 3.31. The summed E-state index contributed by atoms with van der Waals surface area (Å²) < 4.78 is 4.95. The number of fused-ring (bicyclic) bond motifs is 3. The van der Waals surface area contributed by atoms with E-state index in [4.69, 9.17) is 4.74 Å². The molecule has 2 aromatic rings. The van der Waals surface area contributed by atoms with Crippen molar-refractivity contribution >= 4 is 47.4 Å². The molecule has 1 aromatic heterocycles. The largest absolute Gasteiger partial charge is 0.466 e. The molecule has 3 rings (SSSR count). The van der Waals surface area contributed by atoms with Gasteiger partial charge in [0, 0.05) is 30.6 Å². The van der Waals surface area contributed by atoms with Gasteiger partial charge in [-0.2, -0.15) is 0 Å². The predicted molar refractivity (Wildman–Crippen MR) is 113 cm³/mol. The maximum absolute atomic E-state index is 12.3. The van der Waals surface area contributed by atoms with Crippen molar-refractivity contribution in [1.29, 1.82) is 0 Å². The van der Waals surface area contributed by atoms with E-state index >= 15 is 0 Å². The van der Waals surface area contributed by atoms with Gasteiger partial charge in [0.2, 0.25) is 0 Å². The van der Waals surface area contributed by atoms with E-state index in [1.807, 2.05) is 20.0 Å². The van der Waals surface area contributed by atoms with Crippen LogP contribution in [-0.2, 0) is 22.5 Å². The van der Waals surface area contributed by atoms with Crippen molar-refractivity contribution in [3.63, 3.8) is 0 Å².